The average Bonchev–Trinajstić information content (AvgIpc) is 2.86. The zero-order valence-corrected chi connectivity index (χ0v) is 15.8. The number of nitrogens with one attached hydrogen (secondary N) is 1. The third-order valence-electron chi connectivity index (χ3n) is 3.91. The van der Waals surface area contributed by atoms with Gasteiger partial charge in [-0.3, -0.25) is 0 Å². The summed E-state index contributed by atoms with van der Waals surface area (Å²) in [6.45, 7) is 14.0. The third-order valence-corrected chi connectivity index (χ3v) is 4.32. The lowest BCUT2D eigenvalue weighted by molar-refractivity contribution is 0.236. The first-order chi connectivity index (χ1) is 10.6. The predicted octanol–water partition coefficient (Wildman–Crippen LogP) is 6.21. The lowest BCUT2D eigenvalue weighted by Crippen LogP contribution is -2.41. The molecule has 1 N–H and O–H groups in total. The molecule has 23 heavy (non-hydrogen) atoms. The summed E-state index contributed by atoms with van der Waals surface area (Å²) in [7, 11) is 0. The summed E-state index contributed by atoms with van der Waals surface area (Å²) in [5, 5.41) is 4.37. The van der Waals surface area contributed by atoms with E-state index in [-0.39, 0.29) is 5.54 Å². The molecular formula is C20H28ClNO. The molecule has 0 spiro atoms. The van der Waals surface area contributed by atoms with Crippen LogP contribution in [0.3, 0.4) is 0 Å². The molecule has 0 aliphatic heterocycles. The van der Waals surface area contributed by atoms with Gasteiger partial charge in [-0.25, -0.2) is 0 Å². The summed E-state index contributed by atoms with van der Waals surface area (Å²) in [6, 6.07) is 9.96. The van der Waals surface area contributed by atoms with Gasteiger partial charge in [0.2, 0.25) is 0 Å². The molecule has 0 fully saturated rings. The standard InChI is InChI=1S/C20H28ClNO/c1-14-16(8-7-9-17(14)21)18-11-10-15(23-18)12-22-20(5,6)13-19(2,3)4/h7-11,22H,12-13H2,1-6H3. The Balaban J connectivity index is 2.07. The van der Waals surface area contributed by atoms with Gasteiger partial charge in [0.25, 0.3) is 0 Å². The van der Waals surface area contributed by atoms with Crippen molar-refractivity contribution < 1.29 is 4.42 Å². The Morgan fingerprint density at radius 2 is 1.74 bits per heavy atom. The zero-order chi connectivity index (χ0) is 17.3. The van der Waals surface area contributed by atoms with E-state index in [2.05, 4.69) is 39.9 Å². The topological polar surface area (TPSA) is 25.2 Å². The van der Waals surface area contributed by atoms with Gasteiger partial charge in [0.15, 0.2) is 0 Å². The Morgan fingerprint density at radius 1 is 1.04 bits per heavy atom. The smallest absolute Gasteiger partial charge is 0.134 e. The highest BCUT2D eigenvalue weighted by molar-refractivity contribution is 6.31. The molecule has 0 aliphatic rings. The van der Waals surface area contributed by atoms with Crippen LogP contribution in [0.1, 0.15) is 52.4 Å². The average molecular weight is 334 g/mol. The van der Waals surface area contributed by atoms with Crippen LogP contribution >= 0.6 is 11.6 Å². The molecule has 126 valence electrons. The van der Waals surface area contributed by atoms with Crippen LogP contribution in [0.15, 0.2) is 34.7 Å². The molecule has 0 saturated heterocycles. The van der Waals surface area contributed by atoms with Crippen molar-refractivity contribution in [1.82, 2.24) is 5.32 Å². The highest BCUT2D eigenvalue weighted by atomic mass is 35.5. The number of furan rings is 1. The normalized spacial score (nSPS) is 12.7. The van der Waals surface area contributed by atoms with Crippen molar-refractivity contribution in [3.05, 3.63) is 46.7 Å². The predicted molar refractivity (Wildman–Crippen MR) is 98.9 cm³/mol. The van der Waals surface area contributed by atoms with Crippen molar-refractivity contribution in [1.29, 1.82) is 0 Å². The molecule has 0 bridgehead atoms. The van der Waals surface area contributed by atoms with Crippen molar-refractivity contribution >= 4 is 11.6 Å². The third kappa shape index (κ3) is 5.12. The molecular weight excluding hydrogens is 306 g/mol. The van der Waals surface area contributed by atoms with Crippen LogP contribution in [0, 0.1) is 12.3 Å². The van der Waals surface area contributed by atoms with Crippen LogP contribution in [-0.4, -0.2) is 5.54 Å². The van der Waals surface area contributed by atoms with Crippen molar-refractivity contribution in [3.63, 3.8) is 0 Å². The van der Waals surface area contributed by atoms with Crippen LogP contribution < -0.4 is 5.32 Å². The van der Waals surface area contributed by atoms with Crippen molar-refractivity contribution in [3.8, 4) is 11.3 Å². The molecule has 1 aromatic heterocycles. The maximum atomic E-state index is 6.20. The van der Waals surface area contributed by atoms with Crippen molar-refractivity contribution in [2.45, 2.75) is 60.0 Å². The first kappa shape index (κ1) is 18.1. The molecule has 0 amide bonds. The number of benzene rings is 1. The van der Waals surface area contributed by atoms with E-state index in [4.69, 9.17) is 16.0 Å². The Hall–Kier alpha value is -1.25. The van der Waals surface area contributed by atoms with Gasteiger partial charge in [-0.05, 0) is 56.4 Å². The number of halogens is 1. The van der Waals surface area contributed by atoms with Gasteiger partial charge in [0, 0.05) is 16.1 Å². The molecule has 2 nitrogen and oxygen atoms in total. The van der Waals surface area contributed by atoms with E-state index in [0.717, 1.165) is 40.6 Å². The van der Waals surface area contributed by atoms with E-state index in [9.17, 15) is 0 Å². The maximum absolute atomic E-state index is 6.20. The van der Waals surface area contributed by atoms with E-state index < -0.39 is 0 Å². The van der Waals surface area contributed by atoms with Crippen LogP contribution in [0.25, 0.3) is 11.3 Å². The highest BCUT2D eigenvalue weighted by Gasteiger charge is 2.25. The Kier molecular flexibility index (Phi) is 5.27. The fourth-order valence-electron chi connectivity index (χ4n) is 3.21. The van der Waals surface area contributed by atoms with Crippen LogP contribution in [-0.2, 0) is 6.54 Å². The number of rotatable bonds is 5. The summed E-state index contributed by atoms with van der Waals surface area (Å²) in [4.78, 5) is 0. The molecule has 2 aromatic rings. The molecule has 0 saturated carbocycles. The monoisotopic (exact) mass is 333 g/mol. The van der Waals surface area contributed by atoms with E-state index >= 15 is 0 Å². The Bertz CT molecular complexity index is 665. The molecule has 2 rings (SSSR count). The number of hydrogen-bond acceptors (Lipinski definition) is 2. The van der Waals surface area contributed by atoms with Crippen molar-refractivity contribution in [2.75, 3.05) is 0 Å². The largest absolute Gasteiger partial charge is 0.460 e. The van der Waals surface area contributed by atoms with Crippen LogP contribution in [0.2, 0.25) is 5.02 Å². The molecule has 0 aliphatic carbocycles. The van der Waals surface area contributed by atoms with E-state index in [0.29, 0.717) is 5.41 Å². The van der Waals surface area contributed by atoms with Gasteiger partial charge < -0.3 is 9.73 Å². The second-order valence-electron chi connectivity index (χ2n) is 8.15. The van der Waals surface area contributed by atoms with E-state index in [1.165, 1.54) is 0 Å². The molecule has 0 unspecified atom stereocenters. The van der Waals surface area contributed by atoms with E-state index in [1.807, 2.05) is 37.3 Å². The summed E-state index contributed by atoms with van der Waals surface area (Å²) in [6.07, 6.45) is 1.10. The van der Waals surface area contributed by atoms with Crippen LogP contribution in [0.5, 0.6) is 0 Å². The summed E-state index contributed by atoms with van der Waals surface area (Å²) in [5.41, 5.74) is 2.47. The summed E-state index contributed by atoms with van der Waals surface area (Å²) < 4.78 is 6.01. The second kappa shape index (κ2) is 6.70. The van der Waals surface area contributed by atoms with E-state index in [1.54, 1.807) is 0 Å². The lowest BCUT2D eigenvalue weighted by atomic mass is 9.82. The second-order valence-corrected chi connectivity index (χ2v) is 8.56. The molecule has 3 heteroatoms. The van der Waals surface area contributed by atoms with Gasteiger partial charge in [-0.2, -0.15) is 0 Å². The van der Waals surface area contributed by atoms with Gasteiger partial charge in [0.05, 0.1) is 6.54 Å². The first-order valence-electron chi connectivity index (χ1n) is 8.17. The molecule has 0 radical (unpaired) electrons. The van der Waals surface area contributed by atoms with Gasteiger partial charge >= 0.3 is 0 Å². The first-order valence-corrected chi connectivity index (χ1v) is 8.54. The Labute approximate surface area is 145 Å². The highest BCUT2D eigenvalue weighted by Crippen LogP contribution is 2.30. The minimum Gasteiger partial charge on any atom is -0.460 e. The summed E-state index contributed by atoms with van der Waals surface area (Å²) in [5.74, 6) is 1.82. The minimum absolute atomic E-state index is 0.0666. The fourth-order valence-corrected chi connectivity index (χ4v) is 3.38. The SMILES string of the molecule is Cc1c(Cl)cccc1-c1ccc(CNC(C)(C)CC(C)(C)C)o1. The zero-order valence-electron chi connectivity index (χ0n) is 15.1. The van der Waals surface area contributed by atoms with Crippen LogP contribution in [0.4, 0.5) is 0 Å². The Morgan fingerprint density at radius 3 is 2.39 bits per heavy atom. The molecule has 1 aromatic carbocycles. The van der Waals surface area contributed by atoms with Crippen molar-refractivity contribution in [2.24, 2.45) is 5.41 Å². The number of hydrogen-bond donors (Lipinski definition) is 1. The van der Waals surface area contributed by atoms with Gasteiger partial charge in [-0.1, -0.05) is 44.5 Å². The minimum atomic E-state index is 0.0666. The quantitative estimate of drug-likeness (QED) is 0.703. The fraction of sp³-hybridized carbons (Fsp3) is 0.500. The summed E-state index contributed by atoms with van der Waals surface area (Å²) >= 11 is 6.20. The maximum Gasteiger partial charge on any atom is 0.134 e. The van der Waals surface area contributed by atoms with Gasteiger partial charge in [-0.15, -0.1) is 0 Å². The lowest BCUT2D eigenvalue weighted by Gasteiger charge is -2.33. The molecule has 1 heterocycles. The van der Waals surface area contributed by atoms with Gasteiger partial charge in [0.1, 0.15) is 11.5 Å². The molecule has 0 atom stereocenters.